The molecule has 4 rings (SSSR count). The van der Waals surface area contributed by atoms with Gasteiger partial charge in [-0.15, -0.1) is 0 Å². The Hall–Kier alpha value is -3.58. The third-order valence-corrected chi connectivity index (χ3v) is 5.98. The van der Waals surface area contributed by atoms with E-state index >= 15 is 0 Å². The number of piperidine rings is 1. The Morgan fingerprint density at radius 1 is 1.12 bits per heavy atom. The number of nitrogens with zero attached hydrogens (tertiary/aromatic N) is 2. The van der Waals surface area contributed by atoms with E-state index in [0.29, 0.717) is 18.3 Å². The van der Waals surface area contributed by atoms with Gasteiger partial charge in [0.2, 0.25) is 5.91 Å². The Morgan fingerprint density at radius 2 is 1.88 bits per heavy atom. The van der Waals surface area contributed by atoms with Crippen LogP contribution in [0.15, 0.2) is 66.9 Å². The van der Waals surface area contributed by atoms with Gasteiger partial charge in [0.1, 0.15) is 23.9 Å². The third-order valence-electron chi connectivity index (χ3n) is 5.98. The van der Waals surface area contributed by atoms with E-state index in [1.807, 2.05) is 72.5 Å². The number of carbonyl (C=O) groups is 1. The van der Waals surface area contributed by atoms with Gasteiger partial charge in [0.05, 0.1) is 5.69 Å². The number of pyridine rings is 1. The number of nitrogens with two attached hydrogens (primary N) is 1. The average Bonchev–Trinajstić information content (AvgIpc) is 2.86. The molecule has 0 spiro atoms. The predicted octanol–water partition coefficient (Wildman–Crippen LogP) is 5.02. The molecule has 2 heterocycles. The monoisotopic (exact) mass is 460 g/mol. The molecule has 1 aromatic heterocycles. The van der Waals surface area contributed by atoms with Crippen LogP contribution in [-0.4, -0.2) is 42.1 Å². The van der Waals surface area contributed by atoms with Gasteiger partial charge in [0.15, 0.2) is 0 Å². The molecular weight excluding hydrogens is 428 g/mol. The fourth-order valence-corrected chi connectivity index (χ4v) is 4.26. The summed E-state index contributed by atoms with van der Waals surface area (Å²) in [5.74, 6) is 2.45. The lowest BCUT2D eigenvalue weighted by Gasteiger charge is -2.33. The number of rotatable bonds is 9. The van der Waals surface area contributed by atoms with Gasteiger partial charge >= 0.3 is 0 Å². The van der Waals surface area contributed by atoms with Gasteiger partial charge in [-0.25, -0.2) is 4.98 Å². The number of likely N-dealkylation sites (tertiary alicyclic amines) is 1. The largest absolute Gasteiger partial charge is 0.457 e. The molecule has 178 valence electrons. The van der Waals surface area contributed by atoms with Gasteiger partial charge < -0.3 is 25.4 Å². The molecule has 1 atom stereocenters. The molecule has 1 amide bonds. The second kappa shape index (κ2) is 11.5. The van der Waals surface area contributed by atoms with Crippen LogP contribution < -0.4 is 15.8 Å². The van der Waals surface area contributed by atoms with Crippen LogP contribution in [0.5, 0.6) is 11.5 Å². The van der Waals surface area contributed by atoms with Crippen LogP contribution in [-0.2, 0) is 16.0 Å². The summed E-state index contributed by atoms with van der Waals surface area (Å²) >= 11 is 0. The molecule has 3 N–H and O–H groups in total. The summed E-state index contributed by atoms with van der Waals surface area (Å²) in [4.78, 5) is 18.6. The molecule has 0 radical (unpaired) electrons. The van der Waals surface area contributed by atoms with Crippen molar-refractivity contribution < 1.29 is 14.3 Å². The maximum absolute atomic E-state index is 12.4. The topological polar surface area (TPSA) is 89.7 Å². The van der Waals surface area contributed by atoms with E-state index in [1.54, 1.807) is 6.20 Å². The van der Waals surface area contributed by atoms with E-state index in [2.05, 4.69) is 10.3 Å². The average molecular weight is 461 g/mol. The molecule has 7 heteroatoms. The second-order valence-electron chi connectivity index (χ2n) is 8.48. The fraction of sp³-hybridized carbons (Fsp3) is 0.333. The number of benzene rings is 2. The van der Waals surface area contributed by atoms with Crippen molar-refractivity contribution in [1.29, 1.82) is 0 Å². The zero-order valence-electron chi connectivity index (χ0n) is 19.6. The van der Waals surface area contributed by atoms with Crippen LogP contribution in [0.25, 0.3) is 0 Å². The number of amides is 1. The van der Waals surface area contributed by atoms with E-state index in [0.717, 1.165) is 60.8 Å². The number of ether oxygens (including phenoxy) is 2. The van der Waals surface area contributed by atoms with Crippen LogP contribution in [0.4, 0.5) is 17.2 Å². The molecule has 1 aliphatic heterocycles. The summed E-state index contributed by atoms with van der Waals surface area (Å²) in [5.41, 5.74) is 9.07. The van der Waals surface area contributed by atoms with Crippen molar-refractivity contribution in [2.24, 2.45) is 5.92 Å². The lowest BCUT2D eigenvalue weighted by Crippen LogP contribution is -2.42. The molecule has 2 aromatic carbocycles. The minimum Gasteiger partial charge on any atom is -0.457 e. The van der Waals surface area contributed by atoms with Gasteiger partial charge in [0.25, 0.3) is 0 Å². The molecule has 0 unspecified atom stereocenters. The Balaban J connectivity index is 1.42. The molecule has 1 aliphatic rings. The van der Waals surface area contributed by atoms with E-state index in [-0.39, 0.29) is 12.5 Å². The highest BCUT2D eigenvalue weighted by Crippen LogP contribution is 2.31. The number of hydrogen-bond acceptors (Lipinski definition) is 6. The molecule has 0 aliphatic carbocycles. The van der Waals surface area contributed by atoms with E-state index < -0.39 is 0 Å². The number of nitrogens with one attached hydrogen (secondary N) is 1. The zero-order valence-corrected chi connectivity index (χ0v) is 19.6. The van der Waals surface area contributed by atoms with Gasteiger partial charge in [-0.05, 0) is 80.1 Å². The van der Waals surface area contributed by atoms with Crippen molar-refractivity contribution in [2.75, 3.05) is 37.4 Å². The minimum atomic E-state index is 0.0666. The standard InChI is InChI=1S/C27H32N4O3/c1-2-33-19-25(32)31-16-6-7-20(18-31)17-21-14-15-29-27(28)26(21)30-22-10-12-24(13-11-22)34-23-8-4-3-5-9-23/h3-5,8-15,20,30H,2,6-7,16-19H2,1H3,(H2,28,29)/t20-/m0/s1. The first-order valence-electron chi connectivity index (χ1n) is 11.8. The number of aromatic nitrogens is 1. The maximum atomic E-state index is 12.4. The molecule has 34 heavy (non-hydrogen) atoms. The summed E-state index contributed by atoms with van der Waals surface area (Å²) < 4.78 is 11.2. The summed E-state index contributed by atoms with van der Waals surface area (Å²) in [5, 5.41) is 3.44. The van der Waals surface area contributed by atoms with Crippen molar-refractivity contribution in [1.82, 2.24) is 9.88 Å². The SMILES string of the molecule is CCOCC(=O)N1CCC[C@@H](Cc2ccnc(N)c2Nc2ccc(Oc3ccccc3)cc2)C1. The van der Waals surface area contributed by atoms with Crippen molar-refractivity contribution in [3.8, 4) is 11.5 Å². The number of hydrogen-bond donors (Lipinski definition) is 2. The number of carbonyl (C=O) groups excluding carboxylic acids is 1. The Labute approximate surface area is 200 Å². The van der Waals surface area contributed by atoms with E-state index in [1.165, 1.54) is 0 Å². The Kier molecular flexibility index (Phi) is 7.99. The van der Waals surface area contributed by atoms with Crippen LogP contribution >= 0.6 is 0 Å². The highest BCUT2D eigenvalue weighted by atomic mass is 16.5. The highest BCUT2D eigenvalue weighted by molar-refractivity contribution is 5.77. The van der Waals surface area contributed by atoms with Gasteiger partial charge in [-0.3, -0.25) is 4.79 Å². The fourth-order valence-electron chi connectivity index (χ4n) is 4.26. The quantitative estimate of drug-likeness (QED) is 0.466. The lowest BCUT2D eigenvalue weighted by atomic mass is 9.90. The van der Waals surface area contributed by atoms with Crippen LogP contribution in [0, 0.1) is 5.92 Å². The smallest absolute Gasteiger partial charge is 0.248 e. The third kappa shape index (κ3) is 6.26. The van der Waals surface area contributed by atoms with Crippen LogP contribution in [0.2, 0.25) is 0 Å². The first-order chi connectivity index (χ1) is 16.6. The summed E-state index contributed by atoms with van der Waals surface area (Å²) in [6, 6.07) is 19.5. The number of anilines is 3. The summed E-state index contributed by atoms with van der Waals surface area (Å²) in [6.45, 7) is 4.14. The maximum Gasteiger partial charge on any atom is 0.248 e. The normalized spacial score (nSPS) is 15.7. The Bertz CT molecular complexity index is 1070. The van der Waals surface area contributed by atoms with Crippen molar-refractivity contribution in [3.63, 3.8) is 0 Å². The van der Waals surface area contributed by atoms with E-state index in [9.17, 15) is 4.79 Å². The second-order valence-corrected chi connectivity index (χ2v) is 8.48. The first-order valence-corrected chi connectivity index (χ1v) is 11.8. The summed E-state index contributed by atoms with van der Waals surface area (Å²) in [7, 11) is 0. The molecule has 1 saturated heterocycles. The zero-order chi connectivity index (χ0) is 23.8. The van der Waals surface area contributed by atoms with E-state index in [4.69, 9.17) is 15.2 Å². The number of para-hydroxylation sites is 1. The summed E-state index contributed by atoms with van der Waals surface area (Å²) in [6.07, 6.45) is 4.64. The lowest BCUT2D eigenvalue weighted by molar-refractivity contribution is -0.137. The van der Waals surface area contributed by atoms with Gasteiger partial charge in [0, 0.05) is 31.6 Å². The van der Waals surface area contributed by atoms with Crippen LogP contribution in [0.3, 0.4) is 0 Å². The first kappa shape index (κ1) is 23.6. The molecule has 0 saturated carbocycles. The van der Waals surface area contributed by atoms with Crippen molar-refractivity contribution in [3.05, 3.63) is 72.4 Å². The molecule has 1 fully saturated rings. The van der Waals surface area contributed by atoms with Crippen molar-refractivity contribution in [2.45, 2.75) is 26.2 Å². The molecule has 7 nitrogen and oxygen atoms in total. The van der Waals surface area contributed by atoms with Crippen molar-refractivity contribution >= 4 is 23.1 Å². The molecule has 3 aromatic rings. The van der Waals surface area contributed by atoms with Crippen LogP contribution in [0.1, 0.15) is 25.3 Å². The van der Waals surface area contributed by atoms with Gasteiger partial charge in [-0.1, -0.05) is 18.2 Å². The van der Waals surface area contributed by atoms with Gasteiger partial charge in [-0.2, -0.15) is 0 Å². The minimum absolute atomic E-state index is 0.0666. The Morgan fingerprint density at radius 3 is 2.65 bits per heavy atom. The molecular formula is C27H32N4O3. The number of nitrogen functional groups attached to an aromatic ring is 1. The molecule has 0 bridgehead atoms. The predicted molar refractivity (Wildman–Crippen MR) is 134 cm³/mol. The highest BCUT2D eigenvalue weighted by Gasteiger charge is 2.25.